The molecule has 1 aromatic carbocycles. The number of nitrogens with zero attached hydrogens (tertiary/aromatic N) is 1. The van der Waals surface area contributed by atoms with Crippen molar-refractivity contribution in [2.24, 2.45) is 0 Å². The van der Waals surface area contributed by atoms with Crippen LogP contribution in [-0.4, -0.2) is 33.9 Å². The summed E-state index contributed by atoms with van der Waals surface area (Å²) in [5, 5.41) is 5.31. The van der Waals surface area contributed by atoms with Crippen molar-refractivity contribution >= 4 is 28.4 Å². The van der Waals surface area contributed by atoms with Crippen LogP contribution in [0.2, 0.25) is 0 Å². The van der Waals surface area contributed by atoms with Crippen LogP contribution in [0.25, 0.3) is 10.9 Å². The number of rotatable bonds is 4. The van der Waals surface area contributed by atoms with Crippen LogP contribution in [0, 0.1) is 18.6 Å². The molecule has 150 valence electrons. The third-order valence-corrected chi connectivity index (χ3v) is 4.79. The maximum absolute atomic E-state index is 13.4. The number of fused-ring (bicyclic) bond motifs is 1. The molecule has 3 aromatic rings. The Labute approximate surface area is 164 Å². The van der Waals surface area contributed by atoms with Crippen LogP contribution in [0.1, 0.15) is 18.5 Å². The molecule has 0 aliphatic heterocycles. The van der Waals surface area contributed by atoms with E-state index in [0.717, 1.165) is 17.8 Å². The minimum Gasteiger partial charge on any atom is -0.489 e. The summed E-state index contributed by atoms with van der Waals surface area (Å²) in [5.74, 6) is -3.07. The molecule has 3 N–H and O–H groups in total. The third kappa shape index (κ3) is 4.03. The van der Waals surface area contributed by atoms with E-state index in [0.29, 0.717) is 24.1 Å². The second-order valence-electron chi connectivity index (χ2n) is 6.99. The fourth-order valence-electron chi connectivity index (χ4n) is 3.15. The standard InChI is InChI=1S/C20H18F2N4O3/c1-10-2-3-12(8-23-10)29-13-4-11(5-13)25-19(27)20(28)26-18-9-24-17-7-16(22)15(21)6-14(17)18/h2-3,6-9,11,13,24H,4-5H2,1H3,(H,25,27)(H,26,28)/t11-,13-. The molecule has 2 heterocycles. The fourth-order valence-corrected chi connectivity index (χ4v) is 3.15. The maximum atomic E-state index is 13.4. The zero-order valence-electron chi connectivity index (χ0n) is 15.5. The van der Waals surface area contributed by atoms with E-state index in [2.05, 4.69) is 20.6 Å². The highest BCUT2D eigenvalue weighted by Gasteiger charge is 2.33. The minimum absolute atomic E-state index is 0.0562. The number of aromatic amines is 1. The van der Waals surface area contributed by atoms with Gasteiger partial charge in [0.25, 0.3) is 0 Å². The summed E-state index contributed by atoms with van der Waals surface area (Å²) in [7, 11) is 0. The first-order chi connectivity index (χ1) is 13.9. The van der Waals surface area contributed by atoms with Gasteiger partial charge in [0.2, 0.25) is 0 Å². The van der Waals surface area contributed by atoms with Crippen molar-refractivity contribution in [2.45, 2.75) is 31.9 Å². The molecule has 29 heavy (non-hydrogen) atoms. The summed E-state index contributed by atoms with van der Waals surface area (Å²) in [5.41, 5.74) is 1.40. The highest BCUT2D eigenvalue weighted by molar-refractivity contribution is 6.40. The van der Waals surface area contributed by atoms with E-state index in [-0.39, 0.29) is 23.2 Å². The van der Waals surface area contributed by atoms with Crippen molar-refractivity contribution in [3.63, 3.8) is 0 Å². The number of nitrogens with one attached hydrogen (secondary N) is 3. The van der Waals surface area contributed by atoms with Gasteiger partial charge >= 0.3 is 11.8 Å². The molecule has 0 spiro atoms. The smallest absolute Gasteiger partial charge is 0.313 e. The molecule has 1 fully saturated rings. The average molecular weight is 400 g/mol. The molecule has 9 heteroatoms. The number of carbonyl (C=O) groups excluding carboxylic acids is 2. The Balaban J connectivity index is 1.29. The summed E-state index contributed by atoms with van der Waals surface area (Å²) >= 11 is 0. The Kier molecular flexibility index (Phi) is 4.87. The number of amides is 2. The molecule has 0 saturated heterocycles. The lowest BCUT2D eigenvalue weighted by Gasteiger charge is -2.35. The normalized spacial score (nSPS) is 18.2. The highest BCUT2D eigenvalue weighted by atomic mass is 19.2. The van der Waals surface area contributed by atoms with Gasteiger partial charge in [-0.15, -0.1) is 0 Å². The van der Waals surface area contributed by atoms with Gasteiger partial charge in [-0.2, -0.15) is 0 Å². The van der Waals surface area contributed by atoms with Gasteiger partial charge in [-0.25, -0.2) is 8.78 Å². The summed E-state index contributed by atoms with van der Waals surface area (Å²) < 4.78 is 32.5. The number of anilines is 1. The first-order valence-corrected chi connectivity index (χ1v) is 9.06. The number of hydrogen-bond donors (Lipinski definition) is 3. The number of benzene rings is 1. The van der Waals surface area contributed by atoms with Gasteiger partial charge in [-0.3, -0.25) is 14.6 Å². The number of pyridine rings is 1. The quantitative estimate of drug-likeness (QED) is 0.587. The van der Waals surface area contributed by atoms with Gasteiger partial charge in [0.05, 0.1) is 17.4 Å². The molecular formula is C20H18F2N4O3. The molecule has 1 aliphatic rings. The van der Waals surface area contributed by atoms with E-state index in [4.69, 9.17) is 4.74 Å². The Morgan fingerprint density at radius 3 is 2.66 bits per heavy atom. The van der Waals surface area contributed by atoms with Crippen molar-refractivity contribution in [1.82, 2.24) is 15.3 Å². The Morgan fingerprint density at radius 2 is 1.93 bits per heavy atom. The van der Waals surface area contributed by atoms with Gasteiger partial charge in [0.15, 0.2) is 11.6 Å². The van der Waals surface area contributed by atoms with Crippen LogP contribution in [0.5, 0.6) is 5.75 Å². The number of H-pyrrole nitrogens is 1. The van der Waals surface area contributed by atoms with Crippen molar-refractivity contribution in [2.75, 3.05) is 5.32 Å². The van der Waals surface area contributed by atoms with E-state index in [1.807, 2.05) is 19.1 Å². The number of carbonyl (C=O) groups is 2. The first kappa shape index (κ1) is 18.9. The van der Waals surface area contributed by atoms with Crippen LogP contribution in [-0.2, 0) is 9.59 Å². The van der Waals surface area contributed by atoms with Gasteiger partial charge in [0, 0.05) is 42.2 Å². The van der Waals surface area contributed by atoms with Crippen molar-refractivity contribution < 1.29 is 23.1 Å². The molecule has 0 atom stereocenters. The molecule has 1 saturated carbocycles. The summed E-state index contributed by atoms with van der Waals surface area (Å²) in [4.78, 5) is 31.1. The van der Waals surface area contributed by atoms with E-state index in [1.54, 1.807) is 6.20 Å². The lowest BCUT2D eigenvalue weighted by molar-refractivity contribution is -0.137. The summed E-state index contributed by atoms with van der Waals surface area (Å²) in [6.07, 6.45) is 4.11. The van der Waals surface area contributed by atoms with Crippen molar-refractivity contribution in [3.8, 4) is 5.75 Å². The summed E-state index contributed by atoms with van der Waals surface area (Å²) in [6, 6.07) is 5.45. The lowest BCUT2D eigenvalue weighted by Crippen LogP contribution is -2.51. The monoisotopic (exact) mass is 400 g/mol. The zero-order chi connectivity index (χ0) is 20.5. The molecule has 2 amide bonds. The topological polar surface area (TPSA) is 96.1 Å². The number of ether oxygens (including phenoxy) is 1. The van der Waals surface area contributed by atoms with Crippen LogP contribution in [0.4, 0.5) is 14.5 Å². The molecule has 0 bridgehead atoms. The van der Waals surface area contributed by atoms with Gasteiger partial charge < -0.3 is 20.4 Å². The number of hydrogen-bond acceptors (Lipinski definition) is 4. The molecule has 4 rings (SSSR count). The number of aromatic nitrogens is 2. The lowest BCUT2D eigenvalue weighted by atomic mass is 9.89. The fraction of sp³-hybridized carbons (Fsp3) is 0.250. The SMILES string of the molecule is Cc1ccc(O[C@H]2C[C@H](NC(=O)C(=O)Nc3c[nH]c4cc(F)c(F)cc34)C2)cn1. The second-order valence-corrected chi connectivity index (χ2v) is 6.99. The van der Waals surface area contributed by atoms with Gasteiger partial charge in [0.1, 0.15) is 11.9 Å². The van der Waals surface area contributed by atoms with Crippen LogP contribution < -0.4 is 15.4 Å². The molecular weight excluding hydrogens is 382 g/mol. The highest BCUT2D eigenvalue weighted by Crippen LogP contribution is 2.27. The Morgan fingerprint density at radius 1 is 1.17 bits per heavy atom. The average Bonchev–Trinajstić information content (AvgIpc) is 3.03. The Bertz CT molecular complexity index is 1080. The van der Waals surface area contributed by atoms with E-state index >= 15 is 0 Å². The largest absolute Gasteiger partial charge is 0.489 e. The number of aryl methyl sites for hydroxylation is 1. The molecule has 7 nitrogen and oxygen atoms in total. The van der Waals surface area contributed by atoms with E-state index in [9.17, 15) is 18.4 Å². The minimum atomic E-state index is -1.04. The number of halogens is 2. The van der Waals surface area contributed by atoms with Crippen LogP contribution in [0.15, 0.2) is 36.7 Å². The molecule has 2 aromatic heterocycles. The third-order valence-electron chi connectivity index (χ3n) is 4.79. The van der Waals surface area contributed by atoms with Gasteiger partial charge in [-0.1, -0.05) is 0 Å². The Hall–Kier alpha value is -3.49. The van der Waals surface area contributed by atoms with E-state index in [1.165, 1.54) is 6.20 Å². The molecule has 0 unspecified atom stereocenters. The van der Waals surface area contributed by atoms with Gasteiger partial charge in [-0.05, 0) is 25.1 Å². The van der Waals surface area contributed by atoms with E-state index < -0.39 is 23.4 Å². The van der Waals surface area contributed by atoms with Crippen LogP contribution in [0.3, 0.4) is 0 Å². The van der Waals surface area contributed by atoms with Crippen LogP contribution >= 0.6 is 0 Å². The van der Waals surface area contributed by atoms with Crippen molar-refractivity contribution in [1.29, 1.82) is 0 Å². The predicted octanol–water partition coefficient (Wildman–Crippen LogP) is 2.81. The zero-order valence-corrected chi connectivity index (χ0v) is 15.5. The second kappa shape index (κ2) is 7.50. The molecule has 1 aliphatic carbocycles. The predicted molar refractivity (Wildman–Crippen MR) is 101 cm³/mol. The molecule has 0 radical (unpaired) electrons. The van der Waals surface area contributed by atoms with Crippen molar-refractivity contribution in [3.05, 3.63) is 54.0 Å². The first-order valence-electron chi connectivity index (χ1n) is 9.06. The summed E-state index contributed by atoms with van der Waals surface area (Å²) in [6.45, 7) is 1.88. The maximum Gasteiger partial charge on any atom is 0.313 e.